The lowest BCUT2D eigenvalue weighted by molar-refractivity contribution is 0.253. The van der Waals surface area contributed by atoms with Crippen LogP contribution in [-0.4, -0.2) is 30.3 Å². The second-order valence-corrected chi connectivity index (χ2v) is 5.71. The van der Waals surface area contributed by atoms with E-state index in [1.807, 2.05) is 0 Å². The van der Waals surface area contributed by atoms with Gasteiger partial charge in [0.05, 0.1) is 4.90 Å². The first-order valence-electron chi connectivity index (χ1n) is 5.06. The van der Waals surface area contributed by atoms with Gasteiger partial charge in [0.25, 0.3) is 0 Å². The van der Waals surface area contributed by atoms with E-state index in [4.69, 9.17) is 0 Å². The van der Waals surface area contributed by atoms with Gasteiger partial charge < -0.3 is 5.32 Å². The van der Waals surface area contributed by atoms with Crippen LogP contribution in [0, 0.1) is 0 Å². The zero-order valence-electron chi connectivity index (χ0n) is 9.57. The lowest BCUT2D eigenvalue weighted by Gasteiger charge is -2.05. The summed E-state index contributed by atoms with van der Waals surface area (Å²) in [5, 5.41) is 2.61. The Labute approximate surface area is 104 Å². The van der Waals surface area contributed by atoms with Crippen LogP contribution in [0.5, 0.6) is 0 Å². The maximum atomic E-state index is 11.7. The highest BCUT2D eigenvalue weighted by Gasteiger charge is 2.08. The summed E-state index contributed by atoms with van der Waals surface area (Å²) in [6, 6.07) is 5.59. The lowest BCUT2D eigenvalue weighted by atomic mass is 10.3. The molecule has 6 nitrogen and oxygen atoms in total. The number of carbonyl (C=O) groups is 1. The fourth-order valence-corrected chi connectivity index (χ4v) is 1.98. The van der Waals surface area contributed by atoms with E-state index in [0.29, 0.717) is 5.69 Å². The third-order valence-corrected chi connectivity index (χ3v) is 3.40. The number of rotatable bonds is 2. The molecule has 0 radical (unpaired) electrons. The minimum Gasteiger partial charge on any atom is -0.307 e. The van der Waals surface area contributed by atoms with Crippen LogP contribution in [0.2, 0.25) is 0 Å². The van der Waals surface area contributed by atoms with Crippen molar-refractivity contribution in [2.24, 2.45) is 0 Å². The van der Waals surface area contributed by atoms with Crippen molar-refractivity contribution in [1.29, 1.82) is 0 Å². The minimum atomic E-state index is -3.22. The third kappa shape index (κ3) is 2.75. The molecule has 0 atom stereocenters. The molecule has 7 heteroatoms. The zero-order chi connectivity index (χ0) is 13.2. The number of anilines is 1. The van der Waals surface area contributed by atoms with Crippen LogP contribution in [0.4, 0.5) is 10.5 Å². The molecule has 0 aliphatic carbocycles. The van der Waals surface area contributed by atoms with Gasteiger partial charge >= 0.3 is 6.03 Å². The number of hydrogen-bond acceptors (Lipinski definition) is 4. The van der Waals surface area contributed by atoms with Gasteiger partial charge in [-0.1, -0.05) is 0 Å². The Kier molecular flexibility index (Phi) is 3.15. The summed E-state index contributed by atoms with van der Waals surface area (Å²) < 4.78 is 23.8. The van der Waals surface area contributed by atoms with E-state index in [1.165, 1.54) is 47.6 Å². The first-order chi connectivity index (χ1) is 8.47. The molecule has 0 unspecified atom stereocenters. The van der Waals surface area contributed by atoms with Crippen LogP contribution in [0.3, 0.4) is 0 Å². The van der Waals surface area contributed by atoms with Gasteiger partial charge in [-0.15, -0.1) is 0 Å². The molecule has 94 valence electrons. The molecule has 0 aliphatic rings. The van der Waals surface area contributed by atoms with Crippen LogP contribution < -0.4 is 5.32 Å². The van der Waals surface area contributed by atoms with Gasteiger partial charge in [-0.2, -0.15) is 0 Å². The number of imidazole rings is 1. The molecule has 1 aromatic heterocycles. The quantitative estimate of drug-likeness (QED) is 0.889. The van der Waals surface area contributed by atoms with E-state index in [2.05, 4.69) is 10.3 Å². The second-order valence-electron chi connectivity index (χ2n) is 3.70. The summed E-state index contributed by atoms with van der Waals surface area (Å²) >= 11 is 0. The standard InChI is InChI=1S/C11H11N3O3S/c1-18(16,17)10-4-2-9(3-5-10)13-11(15)14-7-6-12-8-14/h2-8H,1H3,(H,13,15). The van der Waals surface area contributed by atoms with E-state index in [9.17, 15) is 13.2 Å². The summed E-state index contributed by atoms with van der Waals surface area (Å²) in [7, 11) is -3.22. The average molecular weight is 265 g/mol. The lowest BCUT2D eigenvalue weighted by Crippen LogP contribution is -2.17. The van der Waals surface area contributed by atoms with Crippen molar-refractivity contribution in [2.75, 3.05) is 11.6 Å². The number of carbonyl (C=O) groups excluding carboxylic acids is 1. The fourth-order valence-electron chi connectivity index (χ4n) is 1.35. The molecule has 0 fully saturated rings. The third-order valence-electron chi connectivity index (χ3n) is 2.27. The molecule has 2 aromatic rings. The number of aromatic nitrogens is 2. The van der Waals surface area contributed by atoms with Crippen molar-refractivity contribution < 1.29 is 13.2 Å². The second kappa shape index (κ2) is 4.61. The number of nitrogens with zero attached hydrogens (tertiary/aromatic N) is 2. The Hall–Kier alpha value is -2.15. The molecule has 2 rings (SSSR count). The van der Waals surface area contributed by atoms with Crippen molar-refractivity contribution in [3.63, 3.8) is 0 Å². The topological polar surface area (TPSA) is 81.1 Å². The Morgan fingerprint density at radius 1 is 1.28 bits per heavy atom. The van der Waals surface area contributed by atoms with Gasteiger partial charge in [0.1, 0.15) is 6.33 Å². The van der Waals surface area contributed by atoms with Crippen molar-refractivity contribution in [2.45, 2.75) is 4.90 Å². The molecule has 0 saturated carbocycles. The SMILES string of the molecule is CS(=O)(=O)c1ccc(NC(=O)n2ccnc2)cc1. The van der Waals surface area contributed by atoms with Crippen molar-refractivity contribution >= 4 is 21.6 Å². The molecule has 18 heavy (non-hydrogen) atoms. The fraction of sp³-hybridized carbons (Fsp3) is 0.0909. The Balaban J connectivity index is 2.14. The number of amides is 1. The van der Waals surface area contributed by atoms with Crippen LogP contribution in [0.1, 0.15) is 0 Å². The van der Waals surface area contributed by atoms with E-state index in [1.54, 1.807) is 0 Å². The molecule has 1 N–H and O–H groups in total. The van der Waals surface area contributed by atoms with E-state index < -0.39 is 9.84 Å². The van der Waals surface area contributed by atoms with E-state index in [0.717, 1.165) is 6.26 Å². The highest BCUT2D eigenvalue weighted by molar-refractivity contribution is 7.90. The van der Waals surface area contributed by atoms with Crippen LogP contribution in [0.25, 0.3) is 0 Å². The van der Waals surface area contributed by atoms with Gasteiger partial charge in [0.2, 0.25) is 0 Å². The smallest absolute Gasteiger partial charge is 0.307 e. The largest absolute Gasteiger partial charge is 0.331 e. The maximum absolute atomic E-state index is 11.7. The van der Waals surface area contributed by atoms with Gasteiger partial charge in [-0.05, 0) is 24.3 Å². The number of hydrogen-bond donors (Lipinski definition) is 1. The van der Waals surface area contributed by atoms with Gasteiger partial charge in [-0.3, -0.25) is 4.57 Å². The molecule has 1 aromatic carbocycles. The van der Waals surface area contributed by atoms with E-state index >= 15 is 0 Å². The number of benzene rings is 1. The van der Waals surface area contributed by atoms with Gasteiger partial charge in [0, 0.05) is 24.3 Å². The summed E-state index contributed by atoms with van der Waals surface area (Å²) in [6.07, 6.45) is 5.51. The molecule has 1 heterocycles. The molecular formula is C11H11N3O3S. The van der Waals surface area contributed by atoms with Gasteiger partial charge in [0.15, 0.2) is 9.84 Å². The minimum absolute atomic E-state index is 0.211. The zero-order valence-corrected chi connectivity index (χ0v) is 10.4. The molecular weight excluding hydrogens is 254 g/mol. The average Bonchev–Trinajstić information content (AvgIpc) is 2.82. The molecule has 0 saturated heterocycles. The number of sulfone groups is 1. The summed E-state index contributed by atoms with van der Waals surface area (Å²) in [5.74, 6) is 0. The van der Waals surface area contributed by atoms with Crippen molar-refractivity contribution in [3.8, 4) is 0 Å². The molecule has 0 bridgehead atoms. The first kappa shape index (κ1) is 12.3. The van der Waals surface area contributed by atoms with Gasteiger partial charge in [-0.25, -0.2) is 18.2 Å². The molecule has 0 spiro atoms. The normalized spacial score (nSPS) is 11.2. The summed E-state index contributed by atoms with van der Waals surface area (Å²) in [6.45, 7) is 0. The summed E-state index contributed by atoms with van der Waals surface area (Å²) in [4.78, 5) is 15.6. The first-order valence-corrected chi connectivity index (χ1v) is 6.95. The predicted molar refractivity (Wildman–Crippen MR) is 66.2 cm³/mol. The van der Waals surface area contributed by atoms with Crippen LogP contribution in [0.15, 0.2) is 47.9 Å². The molecule has 0 aliphatic heterocycles. The van der Waals surface area contributed by atoms with E-state index in [-0.39, 0.29) is 10.9 Å². The maximum Gasteiger partial charge on any atom is 0.331 e. The Morgan fingerprint density at radius 3 is 2.44 bits per heavy atom. The van der Waals surface area contributed by atoms with Crippen molar-refractivity contribution in [3.05, 3.63) is 43.0 Å². The Bertz CT molecular complexity index is 645. The van der Waals surface area contributed by atoms with Crippen LogP contribution >= 0.6 is 0 Å². The summed E-state index contributed by atoms with van der Waals surface area (Å²) in [5.41, 5.74) is 0.515. The highest BCUT2D eigenvalue weighted by Crippen LogP contribution is 2.13. The van der Waals surface area contributed by atoms with Crippen molar-refractivity contribution in [1.82, 2.24) is 9.55 Å². The van der Waals surface area contributed by atoms with Crippen LogP contribution in [-0.2, 0) is 9.84 Å². The highest BCUT2D eigenvalue weighted by atomic mass is 32.2. The molecule has 1 amide bonds. The monoisotopic (exact) mass is 265 g/mol. The Morgan fingerprint density at radius 2 is 1.94 bits per heavy atom. The number of nitrogens with one attached hydrogen (secondary N) is 1. The predicted octanol–water partition coefficient (Wildman–Crippen LogP) is 1.37.